The third-order valence-electron chi connectivity index (χ3n) is 3.01. The molecule has 0 aromatic heterocycles. The third-order valence-corrected chi connectivity index (χ3v) is 3.81. The Morgan fingerprint density at radius 1 is 0.800 bits per heavy atom. The number of thiol groups is 1. The number of Topliss-reactive ketones (excluding diaryl/α,β-unsaturated/α-hetero) is 2. The normalized spacial score (nSPS) is 10.3. The van der Waals surface area contributed by atoms with Crippen molar-refractivity contribution in [3.63, 3.8) is 0 Å². The molecule has 2 rings (SSSR count). The van der Waals surface area contributed by atoms with Gasteiger partial charge in [-0.25, -0.2) is 0 Å². The molecule has 2 aromatic carbocycles. The maximum Gasteiger partial charge on any atom is 0.173 e. The Balaban J connectivity index is 2.23. The summed E-state index contributed by atoms with van der Waals surface area (Å²) in [6, 6.07) is 14.8. The average molecular weight is 349 g/mol. The molecule has 0 aliphatic rings. The summed E-state index contributed by atoms with van der Waals surface area (Å²) in [6.07, 6.45) is 0. The molecule has 102 valence electrons. The number of ketones is 2. The second kappa shape index (κ2) is 6.86. The van der Waals surface area contributed by atoms with E-state index in [1.54, 1.807) is 12.1 Å². The van der Waals surface area contributed by atoms with Crippen molar-refractivity contribution in [2.24, 2.45) is 0 Å². The monoisotopic (exact) mass is 348 g/mol. The Labute approximate surface area is 131 Å². The Hall–Kier alpha value is -1.39. The maximum atomic E-state index is 11.5. The Morgan fingerprint density at radius 2 is 1.20 bits per heavy atom. The van der Waals surface area contributed by atoms with E-state index in [0.29, 0.717) is 16.5 Å². The molecular formula is C16H13BrO2S. The minimum absolute atomic E-state index is 0.0122. The topological polar surface area (TPSA) is 34.1 Å². The number of hydrogen-bond acceptors (Lipinski definition) is 3. The van der Waals surface area contributed by atoms with Crippen LogP contribution < -0.4 is 0 Å². The first-order chi connectivity index (χ1) is 9.65. The molecule has 0 unspecified atom stereocenters. The molecule has 0 aliphatic carbocycles. The number of hydrogen-bond donors (Lipinski definition) is 1. The number of carbonyl (C=O) groups excluding carboxylic acids is 2. The summed E-state index contributed by atoms with van der Waals surface area (Å²) in [4.78, 5) is 23.0. The van der Waals surface area contributed by atoms with Crippen LogP contribution in [0, 0.1) is 0 Å². The quantitative estimate of drug-likeness (QED) is 0.502. The summed E-state index contributed by atoms with van der Waals surface area (Å²) in [5.41, 5.74) is 3.38. The van der Waals surface area contributed by atoms with Crippen LogP contribution in [0.15, 0.2) is 48.5 Å². The molecule has 2 nitrogen and oxygen atoms in total. The van der Waals surface area contributed by atoms with Crippen LogP contribution in [-0.4, -0.2) is 22.6 Å². The van der Waals surface area contributed by atoms with Crippen LogP contribution in [0.4, 0.5) is 0 Å². The summed E-state index contributed by atoms with van der Waals surface area (Å²) in [5.74, 6) is 0.285. The van der Waals surface area contributed by atoms with Gasteiger partial charge in [0.05, 0.1) is 11.1 Å². The van der Waals surface area contributed by atoms with Crippen LogP contribution >= 0.6 is 28.6 Å². The van der Waals surface area contributed by atoms with Gasteiger partial charge in [-0.2, -0.15) is 12.6 Å². The van der Waals surface area contributed by atoms with Crippen molar-refractivity contribution in [3.8, 4) is 11.1 Å². The van der Waals surface area contributed by atoms with E-state index in [4.69, 9.17) is 0 Å². The Kier molecular flexibility index (Phi) is 5.15. The Bertz CT molecular complexity index is 560. The lowest BCUT2D eigenvalue weighted by Crippen LogP contribution is -2.00. The summed E-state index contributed by atoms with van der Waals surface area (Å²) in [7, 11) is 0. The van der Waals surface area contributed by atoms with Crippen LogP contribution in [-0.2, 0) is 0 Å². The zero-order valence-electron chi connectivity index (χ0n) is 10.7. The van der Waals surface area contributed by atoms with Gasteiger partial charge in [0, 0.05) is 11.1 Å². The smallest absolute Gasteiger partial charge is 0.173 e. The molecule has 0 heterocycles. The minimum Gasteiger partial charge on any atom is -0.293 e. The van der Waals surface area contributed by atoms with Gasteiger partial charge in [0.2, 0.25) is 0 Å². The zero-order valence-corrected chi connectivity index (χ0v) is 13.2. The lowest BCUT2D eigenvalue weighted by atomic mass is 10.0. The molecule has 0 saturated heterocycles. The summed E-state index contributed by atoms with van der Waals surface area (Å²) < 4.78 is 0. The summed E-state index contributed by atoms with van der Waals surface area (Å²) >= 11 is 7.13. The van der Waals surface area contributed by atoms with Crippen molar-refractivity contribution >= 4 is 40.1 Å². The number of halogens is 1. The lowest BCUT2D eigenvalue weighted by Gasteiger charge is -2.04. The number of alkyl halides is 1. The van der Waals surface area contributed by atoms with Crippen molar-refractivity contribution in [2.45, 2.75) is 0 Å². The molecule has 0 radical (unpaired) electrons. The van der Waals surface area contributed by atoms with Crippen LogP contribution in [0.3, 0.4) is 0 Å². The highest BCUT2D eigenvalue weighted by Crippen LogP contribution is 2.21. The molecular weight excluding hydrogens is 336 g/mol. The Morgan fingerprint density at radius 3 is 1.55 bits per heavy atom. The van der Waals surface area contributed by atoms with Gasteiger partial charge in [-0.1, -0.05) is 64.5 Å². The van der Waals surface area contributed by atoms with Crippen LogP contribution in [0.5, 0.6) is 0 Å². The zero-order chi connectivity index (χ0) is 14.5. The molecule has 4 heteroatoms. The molecule has 0 N–H and O–H groups in total. The first-order valence-electron chi connectivity index (χ1n) is 6.09. The third kappa shape index (κ3) is 3.38. The SMILES string of the molecule is O=C(CS)c1ccc(-c2ccc(C(=O)CBr)cc2)cc1. The van der Waals surface area contributed by atoms with Crippen LogP contribution in [0.2, 0.25) is 0 Å². The summed E-state index contributed by atoms with van der Waals surface area (Å²) in [6.45, 7) is 0. The molecule has 0 amide bonds. The largest absolute Gasteiger partial charge is 0.293 e. The first-order valence-corrected chi connectivity index (χ1v) is 7.85. The van der Waals surface area contributed by atoms with Gasteiger partial charge < -0.3 is 0 Å². The lowest BCUT2D eigenvalue weighted by molar-refractivity contribution is 0.101. The van der Waals surface area contributed by atoms with Crippen molar-refractivity contribution in [1.82, 2.24) is 0 Å². The fourth-order valence-electron chi connectivity index (χ4n) is 1.87. The molecule has 20 heavy (non-hydrogen) atoms. The van der Waals surface area contributed by atoms with E-state index in [-0.39, 0.29) is 17.3 Å². The molecule has 0 saturated carbocycles. The van der Waals surface area contributed by atoms with Gasteiger partial charge in [-0.3, -0.25) is 9.59 Å². The van der Waals surface area contributed by atoms with Crippen molar-refractivity contribution in [3.05, 3.63) is 59.7 Å². The second-order valence-corrected chi connectivity index (χ2v) is 5.17. The van der Waals surface area contributed by atoms with Crippen LogP contribution in [0.25, 0.3) is 11.1 Å². The number of benzene rings is 2. The molecule has 0 fully saturated rings. The average Bonchev–Trinajstić information content (AvgIpc) is 2.53. The van der Waals surface area contributed by atoms with Gasteiger partial charge in [-0.15, -0.1) is 0 Å². The molecule has 0 aliphatic heterocycles. The van der Waals surface area contributed by atoms with E-state index in [1.165, 1.54) is 0 Å². The van der Waals surface area contributed by atoms with E-state index < -0.39 is 0 Å². The van der Waals surface area contributed by atoms with E-state index >= 15 is 0 Å². The van der Waals surface area contributed by atoms with Crippen molar-refractivity contribution in [1.29, 1.82) is 0 Å². The van der Waals surface area contributed by atoms with Gasteiger partial charge in [-0.05, 0) is 11.1 Å². The number of carbonyl (C=O) groups is 2. The highest BCUT2D eigenvalue weighted by molar-refractivity contribution is 9.09. The van der Waals surface area contributed by atoms with Gasteiger partial charge in [0.1, 0.15) is 0 Å². The highest BCUT2D eigenvalue weighted by atomic mass is 79.9. The molecule has 0 spiro atoms. The van der Waals surface area contributed by atoms with E-state index in [0.717, 1.165) is 11.1 Å². The predicted octanol–water partition coefficient (Wildman–Crippen LogP) is 4.04. The van der Waals surface area contributed by atoms with Gasteiger partial charge in [0.15, 0.2) is 11.6 Å². The fraction of sp³-hybridized carbons (Fsp3) is 0.125. The number of rotatable bonds is 5. The fourth-order valence-corrected chi connectivity index (χ4v) is 2.37. The van der Waals surface area contributed by atoms with E-state index in [1.807, 2.05) is 36.4 Å². The van der Waals surface area contributed by atoms with E-state index in [9.17, 15) is 9.59 Å². The minimum atomic E-state index is 0.0122. The van der Waals surface area contributed by atoms with Crippen LogP contribution in [0.1, 0.15) is 20.7 Å². The molecule has 0 bridgehead atoms. The van der Waals surface area contributed by atoms with E-state index in [2.05, 4.69) is 28.6 Å². The predicted molar refractivity (Wildman–Crippen MR) is 88.2 cm³/mol. The van der Waals surface area contributed by atoms with Crippen molar-refractivity contribution < 1.29 is 9.59 Å². The van der Waals surface area contributed by atoms with Gasteiger partial charge in [0.25, 0.3) is 0 Å². The highest BCUT2D eigenvalue weighted by Gasteiger charge is 2.06. The maximum absolute atomic E-state index is 11.5. The molecule has 2 aromatic rings. The second-order valence-electron chi connectivity index (χ2n) is 4.29. The first kappa shape index (κ1) is 15.0. The molecule has 0 atom stereocenters. The summed E-state index contributed by atoms with van der Waals surface area (Å²) in [5, 5.41) is 0.326. The standard InChI is InChI=1S/C16H13BrO2S/c17-9-15(18)13-5-1-11(2-6-13)12-3-7-14(8-4-12)16(19)10-20/h1-8,20H,9-10H2. The van der Waals surface area contributed by atoms with Gasteiger partial charge >= 0.3 is 0 Å². The van der Waals surface area contributed by atoms with Crippen molar-refractivity contribution in [2.75, 3.05) is 11.1 Å².